The number of amidine groups is 1. The molecule has 0 saturated carbocycles. The van der Waals surface area contributed by atoms with Crippen LogP contribution >= 0.6 is 0 Å². The molecule has 2 rings (SSSR count). The maximum Gasteiger partial charge on any atom is 0.124 e. The van der Waals surface area contributed by atoms with Gasteiger partial charge in [0.1, 0.15) is 23.9 Å². The summed E-state index contributed by atoms with van der Waals surface area (Å²) in [6, 6.07) is 11.4. The molecule has 0 aliphatic rings. The van der Waals surface area contributed by atoms with Gasteiger partial charge in [-0.25, -0.2) is 0 Å². The van der Waals surface area contributed by atoms with Crippen molar-refractivity contribution < 1.29 is 9.47 Å². The summed E-state index contributed by atoms with van der Waals surface area (Å²) in [5.74, 6) is 1.26. The van der Waals surface area contributed by atoms with E-state index in [1.54, 1.807) is 25.3 Å². The molecule has 0 saturated heterocycles. The third-order valence-corrected chi connectivity index (χ3v) is 3.45. The topological polar surface area (TPSA) is 68.3 Å². The Kier molecular flexibility index (Phi) is 4.48. The molecular formula is C17H20N2O2. The van der Waals surface area contributed by atoms with Crippen molar-refractivity contribution in [3.05, 3.63) is 58.7 Å². The second-order valence-corrected chi connectivity index (χ2v) is 4.97. The number of ether oxygens (including phenoxy) is 2. The Morgan fingerprint density at radius 3 is 2.29 bits per heavy atom. The second kappa shape index (κ2) is 6.31. The number of benzene rings is 2. The predicted molar refractivity (Wildman–Crippen MR) is 84.3 cm³/mol. The Balaban J connectivity index is 2.23. The Hall–Kier alpha value is -2.49. The number of aryl methyl sites for hydroxylation is 2. The monoisotopic (exact) mass is 284 g/mol. The Labute approximate surface area is 125 Å². The van der Waals surface area contributed by atoms with E-state index in [1.165, 1.54) is 16.7 Å². The first-order valence-corrected chi connectivity index (χ1v) is 6.72. The molecule has 0 amide bonds. The van der Waals surface area contributed by atoms with Crippen LogP contribution in [-0.4, -0.2) is 12.9 Å². The summed E-state index contributed by atoms with van der Waals surface area (Å²) in [5, 5.41) is 7.53. The maximum absolute atomic E-state index is 7.53. The largest absolute Gasteiger partial charge is 0.497 e. The standard InChI is InChI=1S/C17H20N2O2/c1-11-5-4-6-12(2)16(11)10-21-15-8-13(17(18)19)7-14(9-15)20-3/h4-9H,10H2,1-3H3,(H3,18,19). The van der Waals surface area contributed by atoms with E-state index in [0.29, 0.717) is 23.7 Å². The summed E-state index contributed by atoms with van der Waals surface area (Å²) < 4.78 is 11.1. The second-order valence-electron chi connectivity index (χ2n) is 4.97. The number of nitrogens with one attached hydrogen (secondary N) is 1. The van der Waals surface area contributed by atoms with Gasteiger partial charge in [-0.15, -0.1) is 0 Å². The molecule has 4 nitrogen and oxygen atoms in total. The third kappa shape index (κ3) is 3.54. The van der Waals surface area contributed by atoms with Crippen LogP contribution in [0.4, 0.5) is 0 Å². The fourth-order valence-electron chi connectivity index (χ4n) is 2.16. The van der Waals surface area contributed by atoms with Gasteiger partial charge in [0.25, 0.3) is 0 Å². The molecule has 110 valence electrons. The SMILES string of the molecule is COc1cc(OCc2c(C)cccc2C)cc(C(=N)N)c1. The van der Waals surface area contributed by atoms with Gasteiger partial charge in [0.2, 0.25) is 0 Å². The first-order valence-electron chi connectivity index (χ1n) is 6.72. The van der Waals surface area contributed by atoms with Gasteiger partial charge in [0, 0.05) is 11.6 Å². The van der Waals surface area contributed by atoms with Crippen molar-refractivity contribution in [1.82, 2.24) is 0 Å². The molecular weight excluding hydrogens is 264 g/mol. The highest BCUT2D eigenvalue weighted by Gasteiger charge is 2.07. The fourth-order valence-corrected chi connectivity index (χ4v) is 2.16. The first kappa shape index (κ1) is 14.9. The summed E-state index contributed by atoms with van der Waals surface area (Å²) in [5.41, 5.74) is 9.69. The lowest BCUT2D eigenvalue weighted by molar-refractivity contribution is 0.302. The van der Waals surface area contributed by atoms with Crippen molar-refractivity contribution in [2.24, 2.45) is 5.73 Å². The van der Waals surface area contributed by atoms with Crippen LogP contribution in [0.1, 0.15) is 22.3 Å². The quantitative estimate of drug-likeness (QED) is 0.654. The number of rotatable bonds is 5. The van der Waals surface area contributed by atoms with E-state index in [0.717, 1.165) is 0 Å². The summed E-state index contributed by atoms with van der Waals surface area (Å²) in [6.45, 7) is 4.61. The average molecular weight is 284 g/mol. The Bertz CT molecular complexity index is 646. The van der Waals surface area contributed by atoms with Crippen LogP contribution in [0.25, 0.3) is 0 Å². The number of hydrogen-bond donors (Lipinski definition) is 2. The molecule has 0 spiro atoms. The van der Waals surface area contributed by atoms with E-state index in [1.807, 2.05) is 6.07 Å². The predicted octanol–water partition coefficient (Wildman–Crippen LogP) is 3.18. The van der Waals surface area contributed by atoms with Crippen LogP contribution in [-0.2, 0) is 6.61 Å². The smallest absolute Gasteiger partial charge is 0.124 e. The highest BCUT2D eigenvalue weighted by molar-refractivity contribution is 5.95. The molecule has 3 N–H and O–H groups in total. The summed E-state index contributed by atoms with van der Waals surface area (Å²) >= 11 is 0. The Morgan fingerprint density at radius 2 is 1.71 bits per heavy atom. The molecule has 4 heteroatoms. The molecule has 0 unspecified atom stereocenters. The molecule has 2 aromatic rings. The van der Waals surface area contributed by atoms with Crippen LogP contribution in [0.5, 0.6) is 11.5 Å². The van der Waals surface area contributed by atoms with E-state index >= 15 is 0 Å². The summed E-state index contributed by atoms with van der Waals surface area (Å²) in [7, 11) is 1.58. The van der Waals surface area contributed by atoms with Crippen molar-refractivity contribution in [2.45, 2.75) is 20.5 Å². The fraction of sp³-hybridized carbons (Fsp3) is 0.235. The minimum absolute atomic E-state index is 0.00850. The number of nitrogen functional groups attached to an aromatic ring is 1. The normalized spacial score (nSPS) is 10.2. The highest BCUT2D eigenvalue weighted by atomic mass is 16.5. The van der Waals surface area contributed by atoms with Crippen molar-refractivity contribution in [3.63, 3.8) is 0 Å². The average Bonchev–Trinajstić information content (AvgIpc) is 2.46. The van der Waals surface area contributed by atoms with Crippen LogP contribution in [0, 0.1) is 19.3 Å². The van der Waals surface area contributed by atoms with Gasteiger partial charge < -0.3 is 15.2 Å². The molecule has 0 bridgehead atoms. The van der Waals surface area contributed by atoms with Crippen LogP contribution in [0.2, 0.25) is 0 Å². The van der Waals surface area contributed by atoms with Gasteiger partial charge in [-0.3, -0.25) is 5.41 Å². The van der Waals surface area contributed by atoms with Crippen LogP contribution < -0.4 is 15.2 Å². The first-order chi connectivity index (χ1) is 10.0. The zero-order chi connectivity index (χ0) is 15.4. The lowest BCUT2D eigenvalue weighted by Crippen LogP contribution is -2.11. The minimum Gasteiger partial charge on any atom is -0.497 e. The number of nitrogens with two attached hydrogens (primary N) is 1. The van der Waals surface area contributed by atoms with Crippen LogP contribution in [0.15, 0.2) is 36.4 Å². The third-order valence-electron chi connectivity index (χ3n) is 3.45. The van der Waals surface area contributed by atoms with Crippen LogP contribution in [0.3, 0.4) is 0 Å². The zero-order valence-electron chi connectivity index (χ0n) is 12.6. The van der Waals surface area contributed by atoms with Gasteiger partial charge in [0.15, 0.2) is 0 Å². The van der Waals surface area contributed by atoms with Gasteiger partial charge in [0.05, 0.1) is 7.11 Å². The van der Waals surface area contributed by atoms with E-state index < -0.39 is 0 Å². The summed E-state index contributed by atoms with van der Waals surface area (Å²) in [4.78, 5) is 0. The van der Waals surface area contributed by atoms with Gasteiger partial charge in [-0.05, 0) is 42.7 Å². The molecule has 0 atom stereocenters. The van der Waals surface area contributed by atoms with Gasteiger partial charge >= 0.3 is 0 Å². The highest BCUT2D eigenvalue weighted by Crippen LogP contribution is 2.24. The molecule has 0 aliphatic heterocycles. The molecule has 0 aliphatic carbocycles. The Morgan fingerprint density at radius 1 is 1.10 bits per heavy atom. The zero-order valence-corrected chi connectivity index (χ0v) is 12.6. The number of hydrogen-bond acceptors (Lipinski definition) is 3. The van der Waals surface area contributed by atoms with E-state index in [4.69, 9.17) is 20.6 Å². The van der Waals surface area contributed by atoms with Gasteiger partial charge in [-0.2, -0.15) is 0 Å². The maximum atomic E-state index is 7.53. The minimum atomic E-state index is -0.00850. The van der Waals surface area contributed by atoms with Crippen molar-refractivity contribution in [3.8, 4) is 11.5 Å². The molecule has 21 heavy (non-hydrogen) atoms. The molecule has 0 heterocycles. The summed E-state index contributed by atoms with van der Waals surface area (Å²) in [6.07, 6.45) is 0. The lowest BCUT2D eigenvalue weighted by atomic mass is 10.0. The molecule has 0 radical (unpaired) electrons. The molecule has 0 fully saturated rings. The number of methoxy groups -OCH3 is 1. The van der Waals surface area contributed by atoms with Crippen molar-refractivity contribution in [1.29, 1.82) is 5.41 Å². The van der Waals surface area contributed by atoms with Crippen molar-refractivity contribution >= 4 is 5.84 Å². The molecule has 2 aromatic carbocycles. The van der Waals surface area contributed by atoms with E-state index in [-0.39, 0.29) is 5.84 Å². The molecule has 0 aromatic heterocycles. The lowest BCUT2D eigenvalue weighted by Gasteiger charge is -2.13. The van der Waals surface area contributed by atoms with E-state index in [2.05, 4.69) is 26.0 Å². The van der Waals surface area contributed by atoms with E-state index in [9.17, 15) is 0 Å². The van der Waals surface area contributed by atoms with Gasteiger partial charge in [-0.1, -0.05) is 18.2 Å². The van der Waals surface area contributed by atoms with Crippen molar-refractivity contribution in [2.75, 3.05) is 7.11 Å².